The Kier molecular flexibility index (Phi) is 7.47. The fraction of sp³-hybridized carbons (Fsp3) is 0.450. The second-order valence-corrected chi connectivity index (χ2v) is 7.60. The normalized spacial score (nSPS) is 11.0. The van der Waals surface area contributed by atoms with E-state index >= 15 is 0 Å². The van der Waals surface area contributed by atoms with Crippen molar-refractivity contribution < 1.29 is 14.3 Å². The van der Waals surface area contributed by atoms with Crippen LogP contribution in [0.4, 0.5) is 0 Å². The Morgan fingerprint density at radius 2 is 1.67 bits per heavy atom. The lowest BCUT2D eigenvalue weighted by Crippen LogP contribution is -2.43. The summed E-state index contributed by atoms with van der Waals surface area (Å²) in [5.41, 5.74) is 1.62. The highest BCUT2D eigenvalue weighted by molar-refractivity contribution is 7.99. The number of methoxy groups -OCH3 is 2. The third-order valence-corrected chi connectivity index (χ3v) is 4.97. The number of ether oxygens (including phenoxy) is 2. The SMILES string of the molecule is COc1ccc(-c2ccc(SCC(=O)N(C(C)C)C(C)C)nn2)cc1OC. The average Bonchev–Trinajstić information content (AvgIpc) is 2.65. The molecule has 1 aromatic heterocycles. The minimum absolute atomic E-state index is 0.107. The Bertz CT molecular complexity index is 756. The zero-order chi connectivity index (χ0) is 20.0. The Morgan fingerprint density at radius 1 is 1.00 bits per heavy atom. The maximum Gasteiger partial charge on any atom is 0.233 e. The molecule has 2 aromatic rings. The molecule has 1 aromatic carbocycles. The number of carbonyl (C=O) groups is 1. The number of rotatable bonds is 8. The van der Waals surface area contributed by atoms with Gasteiger partial charge in [0.25, 0.3) is 0 Å². The molecule has 0 unspecified atom stereocenters. The lowest BCUT2D eigenvalue weighted by molar-refractivity contribution is -0.131. The van der Waals surface area contributed by atoms with E-state index in [1.165, 1.54) is 11.8 Å². The van der Waals surface area contributed by atoms with Crippen molar-refractivity contribution in [2.75, 3.05) is 20.0 Å². The minimum Gasteiger partial charge on any atom is -0.493 e. The lowest BCUT2D eigenvalue weighted by Gasteiger charge is -2.30. The van der Waals surface area contributed by atoms with E-state index in [1.54, 1.807) is 14.2 Å². The first kappa shape index (κ1) is 21.0. The van der Waals surface area contributed by atoms with Crippen LogP contribution in [0.5, 0.6) is 11.5 Å². The molecule has 6 nitrogen and oxygen atoms in total. The average molecular weight is 390 g/mol. The summed E-state index contributed by atoms with van der Waals surface area (Å²) < 4.78 is 10.6. The van der Waals surface area contributed by atoms with Crippen LogP contribution in [0.1, 0.15) is 27.7 Å². The molecular weight excluding hydrogens is 362 g/mol. The zero-order valence-corrected chi connectivity index (χ0v) is 17.5. The minimum atomic E-state index is 0.107. The molecule has 1 heterocycles. The molecule has 146 valence electrons. The van der Waals surface area contributed by atoms with E-state index in [-0.39, 0.29) is 18.0 Å². The standard InChI is InChI=1S/C20H27N3O3S/c1-13(2)23(14(3)4)20(24)12-27-19-10-8-16(21-22-19)15-7-9-17(25-5)18(11-15)26-6/h7-11,13-14H,12H2,1-6H3. The van der Waals surface area contributed by atoms with Gasteiger partial charge in [0.1, 0.15) is 5.03 Å². The van der Waals surface area contributed by atoms with Gasteiger partial charge in [-0.1, -0.05) is 11.8 Å². The van der Waals surface area contributed by atoms with E-state index in [1.807, 2.05) is 62.9 Å². The molecule has 0 aliphatic heterocycles. The van der Waals surface area contributed by atoms with Gasteiger partial charge in [0.15, 0.2) is 11.5 Å². The molecule has 2 rings (SSSR count). The first-order valence-electron chi connectivity index (χ1n) is 8.87. The van der Waals surface area contributed by atoms with Gasteiger partial charge in [0.05, 0.1) is 25.7 Å². The van der Waals surface area contributed by atoms with Gasteiger partial charge >= 0.3 is 0 Å². The molecule has 0 radical (unpaired) electrons. The molecule has 0 fully saturated rings. The quantitative estimate of drug-likeness (QED) is 0.638. The molecule has 27 heavy (non-hydrogen) atoms. The van der Waals surface area contributed by atoms with Gasteiger partial charge in [-0.3, -0.25) is 4.79 Å². The number of amides is 1. The molecule has 0 saturated heterocycles. The van der Waals surface area contributed by atoms with Crippen molar-refractivity contribution in [1.29, 1.82) is 0 Å². The maximum absolute atomic E-state index is 12.4. The van der Waals surface area contributed by atoms with Crippen molar-refractivity contribution in [3.63, 3.8) is 0 Å². The van der Waals surface area contributed by atoms with Crippen LogP contribution in [0, 0.1) is 0 Å². The van der Waals surface area contributed by atoms with Crippen molar-refractivity contribution in [2.24, 2.45) is 0 Å². The highest BCUT2D eigenvalue weighted by Gasteiger charge is 2.20. The lowest BCUT2D eigenvalue weighted by atomic mass is 10.1. The predicted octanol–water partition coefficient (Wildman–Crippen LogP) is 3.90. The summed E-state index contributed by atoms with van der Waals surface area (Å²) >= 11 is 1.40. The van der Waals surface area contributed by atoms with Crippen LogP contribution in [-0.2, 0) is 4.79 Å². The van der Waals surface area contributed by atoms with Crippen LogP contribution in [-0.4, -0.2) is 53.1 Å². The van der Waals surface area contributed by atoms with E-state index in [2.05, 4.69) is 10.2 Å². The van der Waals surface area contributed by atoms with E-state index in [4.69, 9.17) is 9.47 Å². The molecule has 0 saturated carbocycles. The van der Waals surface area contributed by atoms with Crippen LogP contribution < -0.4 is 9.47 Å². The summed E-state index contributed by atoms with van der Waals surface area (Å²) in [6, 6.07) is 9.74. The van der Waals surface area contributed by atoms with Crippen molar-refractivity contribution in [1.82, 2.24) is 15.1 Å². The zero-order valence-electron chi connectivity index (χ0n) is 16.7. The third-order valence-electron chi connectivity index (χ3n) is 4.06. The van der Waals surface area contributed by atoms with Gasteiger partial charge in [-0.2, -0.15) is 0 Å². The van der Waals surface area contributed by atoms with E-state index < -0.39 is 0 Å². The summed E-state index contributed by atoms with van der Waals surface area (Å²) in [4.78, 5) is 14.3. The van der Waals surface area contributed by atoms with Gasteiger partial charge in [-0.15, -0.1) is 10.2 Å². The van der Waals surface area contributed by atoms with Crippen LogP contribution in [0.25, 0.3) is 11.3 Å². The van der Waals surface area contributed by atoms with Crippen LogP contribution in [0.15, 0.2) is 35.4 Å². The van der Waals surface area contributed by atoms with Crippen LogP contribution in [0.3, 0.4) is 0 Å². The first-order chi connectivity index (χ1) is 12.9. The van der Waals surface area contributed by atoms with Crippen molar-refractivity contribution in [2.45, 2.75) is 44.8 Å². The second-order valence-electron chi connectivity index (χ2n) is 6.60. The van der Waals surface area contributed by atoms with E-state index in [0.717, 1.165) is 16.3 Å². The predicted molar refractivity (Wildman–Crippen MR) is 108 cm³/mol. The Hall–Kier alpha value is -2.28. The van der Waals surface area contributed by atoms with Crippen molar-refractivity contribution in [3.8, 4) is 22.8 Å². The first-order valence-corrected chi connectivity index (χ1v) is 9.86. The highest BCUT2D eigenvalue weighted by Crippen LogP contribution is 2.31. The number of hydrogen-bond donors (Lipinski definition) is 0. The monoisotopic (exact) mass is 389 g/mol. The number of aromatic nitrogens is 2. The summed E-state index contributed by atoms with van der Waals surface area (Å²) in [6.45, 7) is 8.11. The molecule has 1 amide bonds. The molecule has 0 aliphatic rings. The molecular formula is C20H27N3O3S. The number of carbonyl (C=O) groups excluding carboxylic acids is 1. The summed E-state index contributed by atoms with van der Waals surface area (Å²) in [5, 5.41) is 9.25. The topological polar surface area (TPSA) is 64.5 Å². The van der Waals surface area contributed by atoms with Crippen LogP contribution in [0.2, 0.25) is 0 Å². The van der Waals surface area contributed by atoms with Gasteiger partial charge in [-0.05, 0) is 58.0 Å². The Morgan fingerprint density at radius 3 is 2.19 bits per heavy atom. The summed E-state index contributed by atoms with van der Waals surface area (Å²) in [5.74, 6) is 1.76. The van der Waals surface area contributed by atoms with Gasteiger partial charge < -0.3 is 14.4 Å². The molecule has 0 atom stereocenters. The van der Waals surface area contributed by atoms with Gasteiger partial charge in [-0.25, -0.2) is 0 Å². The molecule has 0 N–H and O–H groups in total. The third kappa shape index (κ3) is 5.35. The highest BCUT2D eigenvalue weighted by atomic mass is 32.2. The van der Waals surface area contributed by atoms with Crippen molar-refractivity contribution >= 4 is 17.7 Å². The number of hydrogen-bond acceptors (Lipinski definition) is 6. The van der Waals surface area contributed by atoms with E-state index in [0.29, 0.717) is 17.3 Å². The smallest absolute Gasteiger partial charge is 0.233 e. The maximum atomic E-state index is 12.4. The van der Waals surface area contributed by atoms with E-state index in [9.17, 15) is 4.79 Å². The summed E-state index contributed by atoms with van der Waals surface area (Å²) in [6.07, 6.45) is 0. The Balaban J connectivity index is 2.06. The molecule has 0 spiro atoms. The number of thioether (sulfide) groups is 1. The number of nitrogens with zero attached hydrogens (tertiary/aromatic N) is 3. The fourth-order valence-corrected chi connectivity index (χ4v) is 3.61. The summed E-state index contributed by atoms with van der Waals surface area (Å²) in [7, 11) is 3.20. The van der Waals surface area contributed by atoms with Gasteiger partial charge in [0, 0.05) is 17.6 Å². The van der Waals surface area contributed by atoms with Gasteiger partial charge in [0.2, 0.25) is 5.91 Å². The van der Waals surface area contributed by atoms with Crippen LogP contribution >= 0.6 is 11.8 Å². The Labute approximate surface area is 165 Å². The molecule has 0 aliphatic carbocycles. The molecule has 0 bridgehead atoms. The second kappa shape index (κ2) is 9.60. The number of benzene rings is 1. The fourth-order valence-electron chi connectivity index (χ4n) is 2.93. The van der Waals surface area contributed by atoms with Crippen molar-refractivity contribution in [3.05, 3.63) is 30.3 Å². The largest absolute Gasteiger partial charge is 0.493 e. The molecule has 7 heteroatoms.